The van der Waals surface area contributed by atoms with Crippen LogP contribution < -0.4 is 0 Å². The molecule has 25 heavy (non-hydrogen) atoms. The lowest BCUT2D eigenvalue weighted by atomic mass is 9.72. The molecule has 2 aromatic carbocycles. The van der Waals surface area contributed by atoms with Crippen LogP contribution in [0.5, 0.6) is 0 Å². The van der Waals surface area contributed by atoms with Gasteiger partial charge in [0, 0.05) is 31.3 Å². The Morgan fingerprint density at radius 2 is 1.68 bits per heavy atom. The predicted octanol–water partition coefficient (Wildman–Crippen LogP) is 3.97. The Labute approximate surface area is 153 Å². The van der Waals surface area contributed by atoms with E-state index in [1.807, 2.05) is 29.2 Å². The number of carbonyl (C=O) groups excluding carboxylic acids is 1. The van der Waals surface area contributed by atoms with Crippen molar-refractivity contribution in [1.82, 2.24) is 4.90 Å². The third kappa shape index (κ3) is 3.07. The van der Waals surface area contributed by atoms with Crippen molar-refractivity contribution in [3.05, 3.63) is 70.2 Å². The first-order valence-electron chi connectivity index (χ1n) is 8.89. The summed E-state index contributed by atoms with van der Waals surface area (Å²) in [4.78, 5) is 15.6. The molecule has 0 N–H and O–H groups in total. The van der Waals surface area contributed by atoms with E-state index in [2.05, 4.69) is 24.3 Å². The highest BCUT2D eigenvalue weighted by molar-refractivity contribution is 6.30. The monoisotopic (exact) mass is 355 g/mol. The van der Waals surface area contributed by atoms with Crippen molar-refractivity contribution >= 4 is 17.5 Å². The van der Waals surface area contributed by atoms with Crippen molar-refractivity contribution in [2.45, 2.75) is 31.2 Å². The Morgan fingerprint density at radius 1 is 1.00 bits per heavy atom. The van der Waals surface area contributed by atoms with Gasteiger partial charge in [-0.3, -0.25) is 4.79 Å². The van der Waals surface area contributed by atoms with Gasteiger partial charge in [0.2, 0.25) is 5.91 Å². The Bertz CT molecular complexity index is 766. The molecule has 2 aromatic rings. The van der Waals surface area contributed by atoms with Gasteiger partial charge in [-0.15, -0.1) is 0 Å². The zero-order valence-corrected chi connectivity index (χ0v) is 15.0. The SMILES string of the molecule is O=C(N1CCc2ccccc2C1)C1(c2ccc(Cl)cc2)CCOCC1. The van der Waals surface area contributed by atoms with Crippen LogP contribution in [0, 0.1) is 0 Å². The molecule has 1 amide bonds. The van der Waals surface area contributed by atoms with E-state index in [1.165, 1.54) is 11.1 Å². The molecule has 0 aromatic heterocycles. The zero-order valence-electron chi connectivity index (χ0n) is 14.2. The van der Waals surface area contributed by atoms with Crippen LogP contribution in [-0.4, -0.2) is 30.6 Å². The highest BCUT2D eigenvalue weighted by Gasteiger charge is 2.44. The molecule has 1 saturated heterocycles. The van der Waals surface area contributed by atoms with Gasteiger partial charge in [0.1, 0.15) is 0 Å². The normalized spacial score (nSPS) is 19.3. The predicted molar refractivity (Wildman–Crippen MR) is 98.7 cm³/mol. The van der Waals surface area contributed by atoms with Gasteiger partial charge in [-0.1, -0.05) is 48.0 Å². The first-order chi connectivity index (χ1) is 12.2. The van der Waals surface area contributed by atoms with Gasteiger partial charge in [0.15, 0.2) is 0 Å². The van der Waals surface area contributed by atoms with Crippen LogP contribution in [0.3, 0.4) is 0 Å². The maximum atomic E-state index is 13.6. The Balaban J connectivity index is 1.66. The fourth-order valence-corrected chi connectivity index (χ4v) is 4.21. The summed E-state index contributed by atoms with van der Waals surface area (Å²) < 4.78 is 5.57. The van der Waals surface area contributed by atoms with Crippen molar-refractivity contribution in [3.8, 4) is 0 Å². The molecule has 2 heterocycles. The summed E-state index contributed by atoms with van der Waals surface area (Å²) in [6.45, 7) is 2.73. The standard InChI is InChI=1S/C21H22ClNO2/c22-19-7-5-18(6-8-19)21(10-13-25-14-11-21)20(24)23-12-9-16-3-1-2-4-17(16)15-23/h1-8H,9-15H2. The highest BCUT2D eigenvalue weighted by atomic mass is 35.5. The second kappa shape index (κ2) is 6.81. The molecule has 1 fully saturated rings. The lowest BCUT2D eigenvalue weighted by molar-refractivity contribution is -0.142. The van der Waals surface area contributed by atoms with Crippen LogP contribution >= 0.6 is 11.6 Å². The van der Waals surface area contributed by atoms with Gasteiger partial charge < -0.3 is 9.64 Å². The van der Waals surface area contributed by atoms with Gasteiger partial charge in [0.05, 0.1) is 5.41 Å². The number of nitrogens with zero attached hydrogens (tertiary/aromatic N) is 1. The number of hydrogen-bond donors (Lipinski definition) is 0. The third-order valence-electron chi connectivity index (χ3n) is 5.57. The third-order valence-corrected chi connectivity index (χ3v) is 5.82. The van der Waals surface area contributed by atoms with Gasteiger partial charge >= 0.3 is 0 Å². The second-order valence-electron chi connectivity index (χ2n) is 6.95. The molecule has 0 spiro atoms. The number of rotatable bonds is 2. The summed E-state index contributed by atoms with van der Waals surface area (Å²) in [6.07, 6.45) is 2.38. The molecule has 0 atom stereocenters. The summed E-state index contributed by atoms with van der Waals surface area (Å²) in [5.74, 6) is 0.229. The van der Waals surface area contributed by atoms with Crippen LogP contribution in [0.4, 0.5) is 0 Å². The van der Waals surface area contributed by atoms with Gasteiger partial charge in [-0.05, 0) is 48.1 Å². The van der Waals surface area contributed by atoms with Crippen LogP contribution in [0.1, 0.15) is 29.5 Å². The van der Waals surface area contributed by atoms with E-state index in [-0.39, 0.29) is 5.91 Å². The number of amides is 1. The fraction of sp³-hybridized carbons (Fsp3) is 0.381. The fourth-order valence-electron chi connectivity index (χ4n) is 4.09. The molecule has 130 valence electrons. The van der Waals surface area contributed by atoms with Crippen molar-refractivity contribution < 1.29 is 9.53 Å². The van der Waals surface area contributed by atoms with E-state index in [0.717, 1.165) is 31.4 Å². The average molecular weight is 356 g/mol. The number of fused-ring (bicyclic) bond motifs is 1. The van der Waals surface area contributed by atoms with E-state index >= 15 is 0 Å². The molecular weight excluding hydrogens is 334 g/mol. The summed E-state index contributed by atoms with van der Waals surface area (Å²) in [6, 6.07) is 16.2. The van der Waals surface area contributed by atoms with Gasteiger partial charge in [0.25, 0.3) is 0 Å². The van der Waals surface area contributed by atoms with Crippen LogP contribution in [0.15, 0.2) is 48.5 Å². The molecule has 0 radical (unpaired) electrons. The average Bonchev–Trinajstić information content (AvgIpc) is 2.68. The lowest BCUT2D eigenvalue weighted by Crippen LogP contribution is -2.51. The van der Waals surface area contributed by atoms with Gasteiger partial charge in [-0.2, -0.15) is 0 Å². The van der Waals surface area contributed by atoms with Crippen molar-refractivity contribution in [2.24, 2.45) is 0 Å². The van der Waals surface area contributed by atoms with E-state index in [1.54, 1.807) is 0 Å². The first-order valence-corrected chi connectivity index (χ1v) is 9.27. The van der Waals surface area contributed by atoms with Crippen molar-refractivity contribution in [3.63, 3.8) is 0 Å². The summed E-state index contributed by atoms with van der Waals surface area (Å²) in [5, 5.41) is 0.699. The number of carbonyl (C=O) groups is 1. The molecule has 4 heteroatoms. The minimum atomic E-state index is -0.491. The number of benzene rings is 2. The van der Waals surface area contributed by atoms with Crippen molar-refractivity contribution in [2.75, 3.05) is 19.8 Å². The topological polar surface area (TPSA) is 29.5 Å². The number of halogens is 1. The Morgan fingerprint density at radius 3 is 2.40 bits per heavy atom. The van der Waals surface area contributed by atoms with E-state index < -0.39 is 5.41 Å². The molecule has 0 unspecified atom stereocenters. The highest BCUT2D eigenvalue weighted by Crippen LogP contribution is 2.38. The van der Waals surface area contributed by atoms with E-state index in [9.17, 15) is 4.79 Å². The number of ether oxygens (including phenoxy) is 1. The largest absolute Gasteiger partial charge is 0.381 e. The first kappa shape index (κ1) is 16.6. The summed E-state index contributed by atoms with van der Waals surface area (Å²) in [7, 11) is 0. The molecule has 2 aliphatic rings. The quantitative estimate of drug-likeness (QED) is 0.815. The Hall–Kier alpha value is -1.84. The molecule has 0 saturated carbocycles. The molecule has 2 aliphatic heterocycles. The molecule has 0 bridgehead atoms. The van der Waals surface area contributed by atoms with Crippen LogP contribution in [-0.2, 0) is 27.9 Å². The maximum absolute atomic E-state index is 13.6. The lowest BCUT2D eigenvalue weighted by Gasteiger charge is -2.41. The molecular formula is C21H22ClNO2. The molecule has 3 nitrogen and oxygen atoms in total. The Kier molecular flexibility index (Phi) is 4.53. The van der Waals surface area contributed by atoms with E-state index in [4.69, 9.17) is 16.3 Å². The number of hydrogen-bond acceptors (Lipinski definition) is 2. The summed E-state index contributed by atoms with van der Waals surface area (Å²) >= 11 is 6.06. The van der Waals surface area contributed by atoms with Gasteiger partial charge in [-0.25, -0.2) is 0 Å². The van der Waals surface area contributed by atoms with Crippen LogP contribution in [0.2, 0.25) is 5.02 Å². The second-order valence-corrected chi connectivity index (χ2v) is 7.38. The molecule has 0 aliphatic carbocycles. The minimum absolute atomic E-state index is 0.229. The van der Waals surface area contributed by atoms with Crippen LogP contribution in [0.25, 0.3) is 0 Å². The maximum Gasteiger partial charge on any atom is 0.233 e. The van der Waals surface area contributed by atoms with E-state index in [0.29, 0.717) is 24.8 Å². The smallest absolute Gasteiger partial charge is 0.233 e. The minimum Gasteiger partial charge on any atom is -0.381 e. The molecule has 4 rings (SSSR count). The van der Waals surface area contributed by atoms with Crippen molar-refractivity contribution in [1.29, 1.82) is 0 Å². The summed E-state index contributed by atoms with van der Waals surface area (Å²) in [5.41, 5.74) is 3.19. The zero-order chi connectivity index (χ0) is 17.3.